The zero-order chi connectivity index (χ0) is 25.8. The Hall–Kier alpha value is -3.23. The van der Waals surface area contributed by atoms with Crippen molar-refractivity contribution in [3.63, 3.8) is 0 Å². The van der Waals surface area contributed by atoms with Gasteiger partial charge in [0.05, 0.1) is 25.9 Å². The van der Waals surface area contributed by atoms with Crippen LogP contribution in [0, 0.1) is 6.92 Å². The number of carbonyl (C=O) groups is 1. The first-order chi connectivity index (χ1) is 17.4. The Bertz CT molecular complexity index is 1100. The van der Waals surface area contributed by atoms with E-state index < -0.39 is 12.1 Å². The summed E-state index contributed by atoms with van der Waals surface area (Å²) >= 11 is 0. The summed E-state index contributed by atoms with van der Waals surface area (Å²) in [6.07, 6.45) is 0.0606. The monoisotopic (exact) mass is 493 g/mol. The summed E-state index contributed by atoms with van der Waals surface area (Å²) in [4.78, 5) is 11.2. The third-order valence-corrected chi connectivity index (χ3v) is 5.59. The van der Waals surface area contributed by atoms with Crippen LogP contribution in [0.5, 0.6) is 11.5 Å². The van der Waals surface area contributed by atoms with Crippen LogP contribution in [0.1, 0.15) is 40.8 Å². The molecule has 3 aromatic carbocycles. The number of aliphatic hydroxyl groups is 2. The number of esters is 1. The van der Waals surface area contributed by atoms with Gasteiger partial charge in [-0.05, 0) is 60.8 Å². The van der Waals surface area contributed by atoms with Gasteiger partial charge in [0, 0.05) is 19.0 Å². The van der Waals surface area contributed by atoms with Gasteiger partial charge in [0.2, 0.25) is 0 Å². The number of ether oxygens (including phenoxy) is 3. The molecular formula is C29H35NO6. The first-order valence-corrected chi connectivity index (χ1v) is 12.1. The van der Waals surface area contributed by atoms with E-state index in [0.29, 0.717) is 49.8 Å². The SMILES string of the molecule is CC(=O)Oc1ccc(C(O)CNCCc2ccc(OCCOCc3cccc(C)c3)cc2)cc1CO. The third-order valence-electron chi connectivity index (χ3n) is 5.59. The maximum absolute atomic E-state index is 11.2. The van der Waals surface area contributed by atoms with Crippen molar-refractivity contribution in [2.24, 2.45) is 0 Å². The molecule has 3 aromatic rings. The lowest BCUT2D eigenvalue weighted by molar-refractivity contribution is -0.131. The predicted molar refractivity (Wildman–Crippen MR) is 138 cm³/mol. The van der Waals surface area contributed by atoms with E-state index in [4.69, 9.17) is 14.2 Å². The topological polar surface area (TPSA) is 97.3 Å². The summed E-state index contributed by atoms with van der Waals surface area (Å²) < 4.78 is 16.5. The van der Waals surface area contributed by atoms with Crippen LogP contribution in [0.4, 0.5) is 0 Å². The van der Waals surface area contributed by atoms with E-state index in [-0.39, 0.29) is 6.61 Å². The van der Waals surface area contributed by atoms with Crippen molar-refractivity contribution in [1.29, 1.82) is 0 Å². The van der Waals surface area contributed by atoms with Gasteiger partial charge >= 0.3 is 5.97 Å². The first kappa shape index (κ1) is 27.4. The van der Waals surface area contributed by atoms with Crippen LogP contribution in [-0.2, 0) is 29.2 Å². The fraction of sp³-hybridized carbons (Fsp3) is 0.345. The molecule has 0 aliphatic rings. The minimum absolute atomic E-state index is 0.281. The van der Waals surface area contributed by atoms with Gasteiger partial charge in [-0.2, -0.15) is 0 Å². The Balaban J connectivity index is 1.33. The van der Waals surface area contributed by atoms with Crippen LogP contribution in [0.2, 0.25) is 0 Å². The predicted octanol–water partition coefficient (Wildman–Crippen LogP) is 3.87. The number of hydrogen-bond acceptors (Lipinski definition) is 7. The zero-order valence-corrected chi connectivity index (χ0v) is 20.9. The quantitative estimate of drug-likeness (QED) is 0.178. The highest BCUT2D eigenvalue weighted by Gasteiger charge is 2.12. The van der Waals surface area contributed by atoms with Crippen molar-refractivity contribution >= 4 is 5.97 Å². The van der Waals surface area contributed by atoms with Crippen molar-refractivity contribution in [3.8, 4) is 11.5 Å². The summed E-state index contributed by atoms with van der Waals surface area (Å²) in [6.45, 7) is 5.74. The molecule has 0 radical (unpaired) electrons. The molecule has 0 spiro atoms. The molecular weight excluding hydrogens is 458 g/mol. The average molecular weight is 494 g/mol. The minimum Gasteiger partial charge on any atom is -0.491 e. The number of rotatable bonds is 14. The summed E-state index contributed by atoms with van der Waals surface area (Å²) in [5.41, 5.74) is 4.65. The maximum atomic E-state index is 11.2. The summed E-state index contributed by atoms with van der Waals surface area (Å²) in [7, 11) is 0. The van der Waals surface area contributed by atoms with Gasteiger partial charge < -0.3 is 29.7 Å². The van der Waals surface area contributed by atoms with Crippen molar-refractivity contribution in [2.75, 3.05) is 26.3 Å². The lowest BCUT2D eigenvalue weighted by atomic mass is 10.0. The Morgan fingerprint density at radius 3 is 2.53 bits per heavy atom. The van der Waals surface area contributed by atoms with E-state index >= 15 is 0 Å². The van der Waals surface area contributed by atoms with E-state index in [2.05, 4.69) is 30.4 Å². The molecule has 1 unspecified atom stereocenters. The van der Waals surface area contributed by atoms with Gasteiger partial charge in [-0.1, -0.05) is 48.0 Å². The van der Waals surface area contributed by atoms with E-state index in [9.17, 15) is 15.0 Å². The molecule has 0 heterocycles. The van der Waals surface area contributed by atoms with E-state index in [0.717, 1.165) is 23.3 Å². The van der Waals surface area contributed by atoms with Gasteiger partial charge in [-0.25, -0.2) is 0 Å². The molecule has 192 valence electrons. The van der Waals surface area contributed by atoms with Crippen LogP contribution < -0.4 is 14.8 Å². The summed E-state index contributed by atoms with van der Waals surface area (Å²) in [5, 5.41) is 23.2. The summed E-state index contributed by atoms with van der Waals surface area (Å²) in [5.74, 6) is 0.650. The highest BCUT2D eigenvalue weighted by molar-refractivity contribution is 5.69. The van der Waals surface area contributed by atoms with Gasteiger partial charge in [0.15, 0.2) is 0 Å². The molecule has 0 amide bonds. The van der Waals surface area contributed by atoms with Crippen LogP contribution in [-0.4, -0.2) is 42.5 Å². The lowest BCUT2D eigenvalue weighted by Gasteiger charge is -2.15. The second-order valence-corrected chi connectivity index (χ2v) is 8.62. The van der Waals surface area contributed by atoms with Crippen molar-refractivity contribution < 1.29 is 29.2 Å². The number of aliphatic hydroxyl groups excluding tert-OH is 2. The molecule has 1 atom stereocenters. The lowest BCUT2D eigenvalue weighted by Crippen LogP contribution is -2.24. The molecule has 0 aliphatic carbocycles. The normalized spacial score (nSPS) is 11.8. The molecule has 36 heavy (non-hydrogen) atoms. The van der Waals surface area contributed by atoms with Crippen molar-refractivity contribution in [3.05, 3.63) is 94.5 Å². The molecule has 3 N–H and O–H groups in total. The van der Waals surface area contributed by atoms with Gasteiger partial charge in [0.1, 0.15) is 18.1 Å². The van der Waals surface area contributed by atoms with Crippen molar-refractivity contribution in [1.82, 2.24) is 5.32 Å². The molecule has 0 aromatic heterocycles. The molecule has 0 bridgehead atoms. The van der Waals surface area contributed by atoms with Crippen LogP contribution >= 0.6 is 0 Å². The molecule has 7 nitrogen and oxygen atoms in total. The van der Waals surface area contributed by atoms with E-state index in [1.54, 1.807) is 18.2 Å². The largest absolute Gasteiger partial charge is 0.491 e. The highest BCUT2D eigenvalue weighted by atomic mass is 16.5. The molecule has 7 heteroatoms. The second-order valence-electron chi connectivity index (χ2n) is 8.62. The molecule has 0 fully saturated rings. The fourth-order valence-electron chi connectivity index (χ4n) is 3.74. The smallest absolute Gasteiger partial charge is 0.308 e. The number of hydrogen-bond donors (Lipinski definition) is 3. The minimum atomic E-state index is -0.745. The van der Waals surface area contributed by atoms with Gasteiger partial charge in [0.25, 0.3) is 0 Å². The molecule has 0 saturated heterocycles. The Kier molecular flexibility index (Phi) is 10.9. The third kappa shape index (κ3) is 9.09. The van der Waals surface area contributed by atoms with Crippen LogP contribution in [0.3, 0.4) is 0 Å². The van der Waals surface area contributed by atoms with E-state index in [1.807, 2.05) is 30.3 Å². The molecule has 0 saturated carbocycles. The Morgan fingerprint density at radius 1 is 1.00 bits per heavy atom. The zero-order valence-electron chi connectivity index (χ0n) is 20.9. The highest BCUT2D eigenvalue weighted by Crippen LogP contribution is 2.24. The van der Waals surface area contributed by atoms with Crippen molar-refractivity contribution in [2.45, 2.75) is 39.6 Å². The first-order valence-electron chi connectivity index (χ1n) is 12.1. The number of aryl methyl sites for hydroxylation is 1. The number of nitrogens with one attached hydrogen (secondary N) is 1. The van der Waals surface area contributed by atoms with Gasteiger partial charge in [-0.15, -0.1) is 0 Å². The second kappa shape index (κ2) is 14.4. The standard InChI is InChI=1S/C29H35NO6/c1-21-4-3-5-24(16-21)20-34-14-15-35-27-9-6-23(7-10-27)12-13-30-18-28(33)25-8-11-29(36-22(2)32)26(17-25)19-31/h3-11,16-17,28,30-31,33H,12-15,18-20H2,1-2H3. The van der Waals surface area contributed by atoms with E-state index in [1.165, 1.54) is 12.5 Å². The Labute approximate surface area is 212 Å². The molecule has 0 aliphatic heterocycles. The number of carbonyl (C=O) groups excluding carboxylic acids is 1. The average Bonchev–Trinajstić information content (AvgIpc) is 2.87. The Morgan fingerprint density at radius 2 is 1.81 bits per heavy atom. The maximum Gasteiger partial charge on any atom is 0.308 e. The fourth-order valence-corrected chi connectivity index (χ4v) is 3.74. The van der Waals surface area contributed by atoms with Crippen LogP contribution in [0.15, 0.2) is 66.7 Å². The van der Waals surface area contributed by atoms with Gasteiger partial charge in [-0.3, -0.25) is 4.79 Å². The number of benzene rings is 3. The summed E-state index contributed by atoms with van der Waals surface area (Å²) in [6, 6.07) is 21.2. The van der Waals surface area contributed by atoms with Crippen LogP contribution in [0.25, 0.3) is 0 Å². The molecule has 3 rings (SSSR count).